The van der Waals surface area contributed by atoms with Crippen LogP contribution in [0, 0.1) is 5.92 Å². The number of allylic oxidation sites excluding steroid dienone is 5. The van der Waals surface area contributed by atoms with E-state index in [-0.39, 0.29) is 28.8 Å². The van der Waals surface area contributed by atoms with E-state index in [1.54, 1.807) is 41.6 Å². The van der Waals surface area contributed by atoms with Crippen molar-refractivity contribution < 1.29 is 23.1 Å². The number of thiophene rings is 1. The Morgan fingerprint density at radius 1 is 1.05 bits per heavy atom. The Balaban J connectivity index is 1.46. The van der Waals surface area contributed by atoms with Crippen molar-refractivity contribution in [2.24, 2.45) is 5.92 Å². The van der Waals surface area contributed by atoms with E-state index >= 15 is 0 Å². The van der Waals surface area contributed by atoms with Crippen LogP contribution in [-0.2, 0) is 14.8 Å². The molecule has 1 aliphatic carbocycles. The molecule has 1 saturated heterocycles. The van der Waals surface area contributed by atoms with E-state index in [1.165, 1.54) is 16.6 Å². The zero-order chi connectivity index (χ0) is 30.4. The molecule has 0 unspecified atom stereocenters. The molecule has 11 heteroatoms. The van der Waals surface area contributed by atoms with Gasteiger partial charge in [0.25, 0.3) is 0 Å². The SMILES string of the molecule is CC=CC=CC=Cc1cc(N2C(=O)CN(S(=O)(=O)c3ccc(-c4ccncc4)nc3)C[C@H]2C2CCCCC2)c(C(=O)O)s1. The Labute approximate surface area is 256 Å². The van der Waals surface area contributed by atoms with Crippen LogP contribution in [-0.4, -0.2) is 58.8 Å². The van der Waals surface area contributed by atoms with Crippen LogP contribution in [0.3, 0.4) is 0 Å². The first-order valence-electron chi connectivity index (χ1n) is 14.3. The summed E-state index contributed by atoms with van der Waals surface area (Å²) in [5, 5.41) is 10.1. The molecule has 1 aliphatic heterocycles. The van der Waals surface area contributed by atoms with Crippen molar-refractivity contribution in [3.05, 3.63) is 89.1 Å². The molecule has 0 bridgehead atoms. The number of hydrogen-bond donors (Lipinski definition) is 1. The van der Waals surface area contributed by atoms with Crippen LogP contribution >= 0.6 is 11.3 Å². The lowest BCUT2D eigenvalue weighted by Crippen LogP contribution is -2.60. The van der Waals surface area contributed by atoms with E-state index in [4.69, 9.17) is 0 Å². The van der Waals surface area contributed by atoms with Gasteiger partial charge in [0.15, 0.2) is 0 Å². The highest BCUT2D eigenvalue weighted by Crippen LogP contribution is 2.39. The molecular formula is C32H34N4O5S2. The second kappa shape index (κ2) is 13.6. The number of aromatic carboxylic acids is 1. The van der Waals surface area contributed by atoms with E-state index in [0.29, 0.717) is 16.3 Å². The average molecular weight is 619 g/mol. The Morgan fingerprint density at radius 3 is 2.47 bits per heavy atom. The number of amides is 1. The Morgan fingerprint density at radius 2 is 1.79 bits per heavy atom. The summed E-state index contributed by atoms with van der Waals surface area (Å²) in [7, 11) is -4.04. The first-order chi connectivity index (χ1) is 20.8. The fraction of sp³-hybridized carbons (Fsp3) is 0.312. The van der Waals surface area contributed by atoms with Gasteiger partial charge < -0.3 is 10.0 Å². The van der Waals surface area contributed by atoms with Crippen LogP contribution in [0.4, 0.5) is 5.69 Å². The fourth-order valence-corrected chi connectivity index (χ4v) is 7.98. The molecule has 224 valence electrons. The summed E-state index contributed by atoms with van der Waals surface area (Å²) in [6.07, 6.45) is 20.5. The maximum Gasteiger partial charge on any atom is 0.348 e. The number of anilines is 1. The summed E-state index contributed by atoms with van der Waals surface area (Å²) in [5.41, 5.74) is 1.76. The molecule has 0 aromatic carbocycles. The number of carbonyl (C=O) groups excluding carboxylic acids is 1. The number of hydrogen-bond acceptors (Lipinski definition) is 7. The zero-order valence-electron chi connectivity index (χ0n) is 23.9. The number of carboxylic acids is 1. The first kappa shape index (κ1) is 30.5. The minimum atomic E-state index is -4.04. The molecule has 3 aromatic rings. The molecule has 2 fully saturated rings. The van der Waals surface area contributed by atoms with E-state index in [1.807, 2.05) is 43.4 Å². The summed E-state index contributed by atoms with van der Waals surface area (Å²) < 4.78 is 28.9. The van der Waals surface area contributed by atoms with Crippen molar-refractivity contribution >= 4 is 45.0 Å². The molecule has 1 amide bonds. The maximum atomic E-state index is 13.9. The van der Waals surface area contributed by atoms with Gasteiger partial charge in [-0.25, -0.2) is 13.2 Å². The standard InChI is InChI=1S/C32H34N4O5S2/c1-2-3-4-5-9-12-25-19-28(31(42-25)32(38)39)36-29(24-10-7-6-8-11-24)21-35(22-30(36)37)43(40,41)26-13-14-27(34-20-26)23-15-17-33-18-16-23/h2-5,9,12-20,24,29H,6-8,10-11,21-22H2,1H3,(H,38,39)/t29-/m0/s1. The summed E-state index contributed by atoms with van der Waals surface area (Å²) >= 11 is 1.10. The largest absolute Gasteiger partial charge is 0.477 e. The lowest BCUT2D eigenvalue weighted by Gasteiger charge is -2.44. The van der Waals surface area contributed by atoms with Crippen LogP contribution in [0.15, 0.2) is 84.2 Å². The van der Waals surface area contributed by atoms with Gasteiger partial charge >= 0.3 is 5.97 Å². The third-order valence-corrected chi connectivity index (χ3v) is 10.7. The molecule has 2 aliphatic rings. The van der Waals surface area contributed by atoms with Gasteiger partial charge in [-0.05, 0) is 62.1 Å². The minimum Gasteiger partial charge on any atom is -0.477 e. The van der Waals surface area contributed by atoms with Crippen molar-refractivity contribution in [1.82, 2.24) is 14.3 Å². The molecule has 43 heavy (non-hydrogen) atoms. The lowest BCUT2D eigenvalue weighted by atomic mass is 9.82. The summed E-state index contributed by atoms with van der Waals surface area (Å²) in [6.45, 7) is 1.61. The zero-order valence-corrected chi connectivity index (χ0v) is 25.5. The number of carboxylic acid groups (broad SMARTS) is 1. The molecule has 9 nitrogen and oxygen atoms in total. The van der Waals surface area contributed by atoms with Crippen LogP contribution in [0.5, 0.6) is 0 Å². The lowest BCUT2D eigenvalue weighted by molar-refractivity contribution is -0.121. The topological polar surface area (TPSA) is 121 Å². The Bertz CT molecular complexity index is 1640. The van der Waals surface area contributed by atoms with E-state index in [0.717, 1.165) is 49.0 Å². The normalized spacial score (nSPS) is 19.2. The minimum absolute atomic E-state index is 0.00843. The van der Waals surface area contributed by atoms with Gasteiger partial charge in [-0.3, -0.25) is 14.8 Å². The third kappa shape index (κ3) is 6.84. The molecule has 4 heterocycles. The smallest absolute Gasteiger partial charge is 0.348 e. The molecule has 1 saturated carbocycles. The van der Waals surface area contributed by atoms with Crippen LogP contribution in [0.25, 0.3) is 17.3 Å². The Hall–Kier alpha value is -3.93. The molecule has 1 atom stereocenters. The first-order valence-corrected chi connectivity index (χ1v) is 16.6. The quantitative estimate of drug-likeness (QED) is 0.291. The Kier molecular flexibility index (Phi) is 9.64. The molecular weight excluding hydrogens is 585 g/mol. The third-order valence-electron chi connectivity index (χ3n) is 7.82. The average Bonchev–Trinajstić information content (AvgIpc) is 3.45. The number of rotatable bonds is 9. The maximum absolute atomic E-state index is 13.9. The molecule has 1 N–H and O–H groups in total. The molecule has 0 radical (unpaired) electrons. The number of piperazine rings is 1. The summed E-state index contributed by atoms with van der Waals surface area (Å²) in [5.74, 6) is -1.50. The van der Waals surface area contributed by atoms with Crippen molar-refractivity contribution in [1.29, 1.82) is 0 Å². The number of aromatic nitrogens is 2. The second-order valence-corrected chi connectivity index (χ2v) is 13.6. The van der Waals surface area contributed by atoms with Gasteiger partial charge in [-0.1, -0.05) is 49.6 Å². The number of pyridine rings is 2. The van der Waals surface area contributed by atoms with E-state index < -0.39 is 27.9 Å². The van der Waals surface area contributed by atoms with Crippen LogP contribution < -0.4 is 4.90 Å². The number of sulfonamides is 1. The molecule has 0 spiro atoms. The van der Waals surface area contributed by atoms with Gasteiger partial charge in [0.05, 0.1) is 24.0 Å². The molecule has 3 aromatic heterocycles. The predicted octanol–water partition coefficient (Wildman–Crippen LogP) is 6.04. The monoisotopic (exact) mass is 618 g/mol. The predicted molar refractivity (Wildman–Crippen MR) is 168 cm³/mol. The summed E-state index contributed by atoms with van der Waals surface area (Å²) in [6, 6.07) is 7.98. The highest BCUT2D eigenvalue weighted by molar-refractivity contribution is 7.89. The number of carbonyl (C=O) groups is 2. The van der Waals surface area contributed by atoms with Crippen LogP contribution in [0.1, 0.15) is 53.6 Å². The summed E-state index contributed by atoms with van der Waals surface area (Å²) in [4.78, 5) is 36.9. The van der Waals surface area contributed by atoms with Crippen molar-refractivity contribution in [2.75, 3.05) is 18.0 Å². The van der Waals surface area contributed by atoms with Crippen molar-refractivity contribution in [3.63, 3.8) is 0 Å². The van der Waals surface area contributed by atoms with Gasteiger partial charge in [-0.2, -0.15) is 4.31 Å². The number of nitrogens with zero attached hydrogens (tertiary/aromatic N) is 4. The highest BCUT2D eigenvalue weighted by atomic mass is 32.2. The van der Waals surface area contributed by atoms with Crippen LogP contribution in [0.2, 0.25) is 0 Å². The second-order valence-electron chi connectivity index (χ2n) is 10.6. The van der Waals surface area contributed by atoms with Gasteiger partial charge in [0, 0.05) is 35.6 Å². The van der Waals surface area contributed by atoms with Crippen molar-refractivity contribution in [2.45, 2.75) is 50.0 Å². The fourth-order valence-electron chi connectivity index (χ4n) is 5.72. The van der Waals surface area contributed by atoms with Gasteiger partial charge in [0.2, 0.25) is 15.9 Å². The molecule has 5 rings (SSSR count). The highest BCUT2D eigenvalue weighted by Gasteiger charge is 2.44. The van der Waals surface area contributed by atoms with E-state index in [9.17, 15) is 23.1 Å². The van der Waals surface area contributed by atoms with Gasteiger partial charge in [-0.15, -0.1) is 11.3 Å². The van der Waals surface area contributed by atoms with Crippen molar-refractivity contribution in [3.8, 4) is 11.3 Å². The van der Waals surface area contributed by atoms with E-state index in [2.05, 4.69) is 9.97 Å². The van der Waals surface area contributed by atoms with Gasteiger partial charge in [0.1, 0.15) is 9.77 Å².